The number of carbonyl (C=O) groups is 1. The number of hydrogen-bond donors (Lipinski definition) is 2. The number of nitrogens with two attached hydrogens (primary N) is 1. The third kappa shape index (κ3) is 5.21. The van der Waals surface area contributed by atoms with Gasteiger partial charge in [-0.15, -0.1) is 0 Å². The van der Waals surface area contributed by atoms with E-state index in [1.807, 2.05) is 24.3 Å². The number of ether oxygens (including phenoxy) is 3. The summed E-state index contributed by atoms with van der Waals surface area (Å²) in [6.07, 6.45) is 4.77. The Morgan fingerprint density at radius 3 is 2.89 bits per heavy atom. The lowest BCUT2D eigenvalue weighted by atomic mass is 10.0. The minimum absolute atomic E-state index is 0.0891. The zero-order valence-corrected chi connectivity index (χ0v) is 19.8. The highest BCUT2D eigenvalue weighted by Gasteiger charge is 2.24. The molecule has 0 saturated carbocycles. The number of carbonyl (C=O) groups excluding carboxylic acids is 1. The Bertz CT molecular complexity index is 1290. The number of fused-ring (bicyclic) bond motifs is 1. The van der Waals surface area contributed by atoms with Crippen molar-refractivity contribution in [1.82, 2.24) is 25.2 Å². The summed E-state index contributed by atoms with van der Waals surface area (Å²) in [6, 6.07) is 9.29. The van der Waals surface area contributed by atoms with Gasteiger partial charge in [-0.05, 0) is 29.8 Å². The Kier molecular flexibility index (Phi) is 6.92. The Morgan fingerprint density at radius 2 is 2.06 bits per heavy atom. The maximum Gasteiger partial charge on any atom is 0.281 e. The number of nitrogen functional groups attached to an aromatic ring is 1. The number of nitrogens with one attached hydrogen (secondary N) is 1. The van der Waals surface area contributed by atoms with Crippen molar-refractivity contribution in [3.63, 3.8) is 0 Å². The minimum Gasteiger partial charge on any atom is -0.492 e. The summed E-state index contributed by atoms with van der Waals surface area (Å²) < 4.78 is 16.7. The molecule has 1 radical (unpaired) electrons. The quantitative estimate of drug-likeness (QED) is 0.485. The zero-order chi connectivity index (χ0) is 24.9. The molecule has 1 saturated heterocycles. The fourth-order valence-corrected chi connectivity index (χ4v) is 4.03. The number of methoxy groups -OCH3 is 1. The lowest BCUT2D eigenvalue weighted by molar-refractivity contribution is 0.0322. The first kappa shape index (κ1) is 23.5. The lowest BCUT2D eigenvalue weighted by Gasteiger charge is -2.26. The highest BCUT2D eigenvalue weighted by Crippen LogP contribution is 2.34. The van der Waals surface area contributed by atoms with Crippen LogP contribution in [0.25, 0.3) is 17.3 Å². The first-order valence-electron chi connectivity index (χ1n) is 11.5. The van der Waals surface area contributed by atoms with Crippen LogP contribution in [0.1, 0.15) is 15.9 Å². The summed E-state index contributed by atoms with van der Waals surface area (Å²) in [7, 11) is 1.50. The number of hydrogen-bond acceptors (Lipinski definition) is 10. The summed E-state index contributed by atoms with van der Waals surface area (Å²) in [4.78, 5) is 27.9. The third-order valence-electron chi connectivity index (χ3n) is 5.83. The Balaban J connectivity index is 1.41. The number of nitrogens with zero attached hydrogens (tertiary/aromatic N) is 5. The molecule has 36 heavy (non-hydrogen) atoms. The number of rotatable bonds is 8. The van der Waals surface area contributed by atoms with Gasteiger partial charge in [0, 0.05) is 43.8 Å². The molecule has 2 aliphatic heterocycles. The summed E-state index contributed by atoms with van der Waals surface area (Å²) in [5.74, 6) is 1.05. The summed E-state index contributed by atoms with van der Waals surface area (Å²) in [5.41, 5.74) is 8.52. The number of pyridine rings is 1. The molecule has 4 heterocycles. The molecule has 0 spiro atoms. The number of amides is 1. The second-order valence-electron chi connectivity index (χ2n) is 8.18. The number of aromatic nitrogens is 3. The second kappa shape index (κ2) is 10.6. The monoisotopic (exact) mass is 488 g/mol. The van der Waals surface area contributed by atoms with E-state index >= 15 is 0 Å². The van der Waals surface area contributed by atoms with Gasteiger partial charge >= 0.3 is 0 Å². The molecule has 0 aliphatic carbocycles. The molecule has 0 bridgehead atoms. The van der Waals surface area contributed by atoms with Crippen molar-refractivity contribution in [3.05, 3.63) is 53.9 Å². The average molecular weight is 489 g/mol. The van der Waals surface area contributed by atoms with Gasteiger partial charge in [-0.1, -0.05) is 6.07 Å². The van der Waals surface area contributed by atoms with Crippen LogP contribution >= 0.6 is 0 Å². The average Bonchev–Trinajstić information content (AvgIpc) is 2.89. The molecule has 11 heteroatoms. The van der Waals surface area contributed by atoms with Crippen molar-refractivity contribution in [2.24, 2.45) is 0 Å². The standard InChI is InChI=1S/C25H26N7O4/c1-34-24-19(15-28-25(26)31-24)20-13-16-5-6-27-23(33)21(16)22(30-20)29-17-3-2-4-18(14-17)36-12-9-32-7-10-35-11-8-32/h2-6,13-15H,7-12H2,1H3,(H,29,30)(H2,26,28,31). The van der Waals surface area contributed by atoms with Gasteiger partial charge in [-0.3, -0.25) is 9.69 Å². The van der Waals surface area contributed by atoms with E-state index in [1.54, 1.807) is 18.3 Å². The summed E-state index contributed by atoms with van der Waals surface area (Å²) in [6.45, 7) is 4.72. The molecule has 11 nitrogen and oxygen atoms in total. The fourth-order valence-electron chi connectivity index (χ4n) is 4.03. The predicted molar refractivity (Wildman–Crippen MR) is 134 cm³/mol. The molecule has 1 fully saturated rings. The molecular weight excluding hydrogens is 462 g/mol. The van der Waals surface area contributed by atoms with Crippen molar-refractivity contribution in [3.8, 4) is 22.9 Å². The van der Waals surface area contributed by atoms with Crippen LogP contribution in [0.5, 0.6) is 11.6 Å². The Morgan fingerprint density at radius 1 is 1.19 bits per heavy atom. The van der Waals surface area contributed by atoms with Gasteiger partial charge < -0.3 is 25.3 Å². The predicted octanol–water partition coefficient (Wildman–Crippen LogP) is 2.31. The van der Waals surface area contributed by atoms with Crippen LogP contribution < -0.4 is 25.8 Å². The van der Waals surface area contributed by atoms with Crippen LogP contribution in [0.15, 0.2) is 42.7 Å². The fraction of sp³-hybridized carbons (Fsp3) is 0.280. The van der Waals surface area contributed by atoms with Gasteiger partial charge in [-0.25, -0.2) is 15.3 Å². The molecule has 2 aliphatic rings. The van der Waals surface area contributed by atoms with E-state index in [1.165, 1.54) is 13.3 Å². The normalized spacial score (nSPS) is 15.2. The van der Waals surface area contributed by atoms with Gasteiger partial charge in [0.05, 0.1) is 37.1 Å². The molecule has 1 amide bonds. The van der Waals surface area contributed by atoms with Crippen molar-refractivity contribution in [2.45, 2.75) is 0 Å². The maximum atomic E-state index is 12.7. The molecule has 3 aromatic rings. The summed E-state index contributed by atoms with van der Waals surface area (Å²) >= 11 is 0. The van der Waals surface area contributed by atoms with Crippen LogP contribution in [0, 0.1) is 0 Å². The molecule has 3 N–H and O–H groups in total. The second-order valence-corrected chi connectivity index (χ2v) is 8.18. The minimum atomic E-state index is -0.382. The van der Waals surface area contributed by atoms with Gasteiger partial charge in [0.2, 0.25) is 11.8 Å². The molecular formula is C25H26N7O4. The van der Waals surface area contributed by atoms with E-state index < -0.39 is 0 Å². The summed E-state index contributed by atoms with van der Waals surface area (Å²) in [5, 5.41) is 7.18. The van der Waals surface area contributed by atoms with Crippen molar-refractivity contribution < 1.29 is 19.0 Å². The van der Waals surface area contributed by atoms with Gasteiger partial charge in [0.15, 0.2) is 0 Å². The number of morpholine rings is 1. The van der Waals surface area contributed by atoms with Gasteiger partial charge in [-0.2, -0.15) is 4.98 Å². The van der Waals surface area contributed by atoms with Gasteiger partial charge in [0.25, 0.3) is 5.91 Å². The highest BCUT2D eigenvalue weighted by molar-refractivity contribution is 6.05. The molecule has 185 valence electrons. The van der Waals surface area contributed by atoms with Crippen molar-refractivity contribution in [1.29, 1.82) is 0 Å². The van der Waals surface area contributed by atoms with E-state index in [0.29, 0.717) is 46.2 Å². The largest absolute Gasteiger partial charge is 0.492 e. The molecule has 2 aromatic heterocycles. The molecule has 5 rings (SSSR count). The lowest BCUT2D eigenvalue weighted by Crippen LogP contribution is -2.38. The number of anilines is 3. The SMILES string of the molecule is COc1nc(N)ncc1-c1cc2c(c(Nc3cccc(OCCN4CCOCC4)c3)n1)C(=O)[N]C=C2. The highest BCUT2D eigenvalue weighted by atomic mass is 16.5. The van der Waals surface area contributed by atoms with Crippen LogP contribution in [0.4, 0.5) is 17.5 Å². The Hall–Kier alpha value is -4.22. The molecule has 0 atom stereocenters. The van der Waals surface area contributed by atoms with E-state index in [2.05, 4.69) is 25.5 Å². The topological polar surface area (TPSA) is 139 Å². The number of benzene rings is 1. The van der Waals surface area contributed by atoms with E-state index in [0.717, 1.165) is 32.8 Å². The van der Waals surface area contributed by atoms with Gasteiger partial charge in [0.1, 0.15) is 18.2 Å². The van der Waals surface area contributed by atoms with Crippen LogP contribution in [-0.2, 0) is 4.74 Å². The van der Waals surface area contributed by atoms with Crippen molar-refractivity contribution >= 4 is 29.4 Å². The first-order chi connectivity index (χ1) is 17.6. The molecule has 0 unspecified atom stereocenters. The maximum absolute atomic E-state index is 12.7. The Labute approximate surface area is 208 Å². The molecule has 1 aromatic carbocycles. The van der Waals surface area contributed by atoms with E-state index in [4.69, 9.17) is 24.9 Å². The van der Waals surface area contributed by atoms with Crippen molar-refractivity contribution in [2.75, 3.05) is 57.6 Å². The third-order valence-corrected chi connectivity index (χ3v) is 5.83. The smallest absolute Gasteiger partial charge is 0.281 e. The van der Waals surface area contributed by atoms with Crippen LogP contribution in [-0.4, -0.2) is 72.3 Å². The van der Waals surface area contributed by atoms with E-state index in [-0.39, 0.29) is 17.7 Å². The van der Waals surface area contributed by atoms with Crippen LogP contribution in [0.3, 0.4) is 0 Å². The van der Waals surface area contributed by atoms with E-state index in [9.17, 15) is 4.79 Å². The zero-order valence-electron chi connectivity index (χ0n) is 19.8. The van der Waals surface area contributed by atoms with Crippen LogP contribution in [0.2, 0.25) is 0 Å². The first-order valence-corrected chi connectivity index (χ1v) is 11.5.